The van der Waals surface area contributed by atoms with Crippen molar-refractivity contribution in [3.8, 4) is 0 Å². The molecule has 1 N–H and O–H groups in total. The summed E-state index contributed by atoms with van der Waals surface area (Å²) >= 11 is 0. The van der Waals surface area contributed by atoms with E-state index >= 15 is 0 Å². The van der Waals surface area contributed by atoms with Crippen molar-refractivity contribution in [3.05, 3.63) is 0 Å². The summed E-state index contributed by atoms with van der Waals surface area (Å²) in [6.45, 7) is 1.06. The minimum atomic E-state index is -3.35. The summed E-state index contributed by atoms with van der Waals surface area (Å²) in [5.74, 6) is 0.000383. The number of rotatable bonds is 3. The van der Waals surface area contributed by atoms with E-state index in [1.165, 1.54) is 0 Å². The SMILES string of the molecule is CNC1CCCN(S(=O)(=O)C2CCS(=O)(=O)CC2)C1. The molecule has 112 valence electrons. The van der Waals surface area contributed by atoms with E-state index in [-0.39, 0.29) is 30.4 Å². The third-order valence-corrected chi connectivity index (χ3v) is 8.16. The average Bonchev–Trinajstić information content (AvgIpc) is 2.38. The van der Waals surface area contributed by atoms with Gasteiger partial charge in [-0.3, -0.25) is 0 Å². The van der Waals surface area contributed by atoms with Gasteiger partial charge in [-0.05, 0) is 32.7 Å². The van der Waals surface area contributed by atoms with Crippen molar-refractivity contribution in [3.63, 3.8) is 0 Å². The number of hydrogen-bond donors (Lipinski definition) is 1. The molecule has 2 saturated heterocycles. The minimum absolute atomic E-state index is 0.000191. The smallest absolute Gasteiger partial charge is 0.217 e. The summed E-state index contributed by atoms with van der Waals surface area (Å²) in [6, 6.07) is 0.204. The lowest BCUT2D eigenvalue weighted by atomic mass is 10.1. The molecule has 0 saturated carbocycles. The molecule has 0 radical (unpaired) electrons. The van der Waals surface area contributed by atoms with Crippen LogP contribution in [0.2, 0.25) is 0 Å². The van der Waals surface area contributed by atoms with Crippen LogP contribution in [-0.4, -0.2) is 64.1 Å². The van der Waals surface area contributed by atoms with Gasteiger partial charge in [0.15, 0.2) is 0 Å². The fourth-order valence-electron chi connectivity index (χ4n) is 2.79. The van der Waals surface area contributed by atoms with Gasteiger partial charge in [-0.1, -0.05) is 0 Å². The first-order valence-corrected chi connectivity index (χ1v) is 10.0. The van der Waals surface area contributed by atoms with Crippen molar-refractivity contribution in [1.29, 1.82) is 0 Å². The Morgan fingerprint density at radius 3 is 2.37 bits per heavy atom. The number of nitrogens with one attached hydrogen (secondary N) is 1. The van der Waals surface area contributed by atoms with Crippen molar-refractivity contribution in [1.82, 2.24) is 9.62 Å². The van der Waals surface area contributed by atoms with Crippen molar-refractivity contribution >= 4 is 19.9 Å². The first-order valence-electron chi connectivity index (χ1n) is 6.72. The topological polar surface area (TPSA) is 83.6 Å². The third kappa shape index (κ3) is 3.48. The van der Waals surface area contributed by atoms with Crippen LogP contribution >= 0.6 is 0 Å². The van der Waals surface area contributed by atoms with Crippen LogP contribution in [-0.2, 0) is 19.9 Å². The molecule has 0 spiro atoms. The maximum absolute atomic E-state index is 12.5. The number of likely N-dealkylation sites (N-methyl/N-ethyl adjacent to an activating group) is 1. The van der Waals surface area contributed by atoms with E-state index in [9.17, 15) is 16.8 Å². The molecule has 0 bridgehead atoms. The number of nitrogens with zero attached hydrogens (tertiary/aromatic N) is 1. The van der Waals surface area contributed by atoms with E-state index in [0.29, 0.717) is 13.1 Å². The highest BCUT2D eigenvalue weighted by molar-refractivity contribution is 7.92. The third-order valence-electron chi connectivity index (χ3n) is 4.08. The molecule has 1 unspecified atom stereocenters. The lowest BCUT2D eigenvalue weighted by Crippen LogP contribution is -2.50. The monoisotopic (exact) mass is 310 g/mol. The van der Waals surface area contributed by atoms with Crippen molar-refractivity contribution < 1.29 is 16.8 Å². The Kier molecular flexibility index (Phi) is 4.54. The quantitative estimate of drug-likeness (QED) is 0.765. The Labute approximate surface area is 115 Å². The number of sulfonamides is 1. The van der Waals surface area contributed by atoms with E-state index in [1.807, 2.05) is 7.05 Å². The summed E-state index contributed by atoms with van der Waals surface area (Å²) in [4.78, 5) is 0. The Balaban J connectivity index is 2.06. The number of sulfone groups is 1. The van der Waals surface area contributed by atoms with Gasteiger partial charge in [0.25, 0.3) is 0 Å². The normalized spacial score (nSPS) is 30.3. The molecule has 2 fully saturated rings. The Hall–Kier alpha value is -0.180. The zero-order valence-electron chi connectivity index (χ0n) is 11.2. The Morgan fingerprint density at radius 1 is 1.16 bits per heavy atom. The number of piperidine rings is 1. The highest BCUT2D eigenvalue weighted by atomic mass is 32.2. The second kappa shape index (κ2) is 5.67. The summed E-state index contributed by atoms with van der Waals surface area (Å²) < 4.78 is 49.3. The zero-order chi connectivity index (χ0) is 14.1. The second-order valence-electron chi connectivity index (χ2n) is 5.38. The standard InChI is InChI=1S/C11H22N2O4S2/c1-12-10-3-2-6-13(9-10)19(16,17)11-4-7-18(14,15)8-5-11/h10-12H,2-9H2,1H3. The molecular formula is C11H22N2O4S2. The molecule has 0 amide bonds. The first-order chi connectivity index (χ1) is 8.85. The molecule has 2 aliphatic heterocycles. The lowest BCUT2D eigenvalue weighted by molar-refractivity contribution is 0.289. The maximum Gasteiger partial charge on any atom is 0.217 e. The van der Waals surface area contributed by atoms with E-state index < -0.39 is 25.1 Å². The fraction of sp³-hybridized carbons (Fsp3) is 1.00. The molecule has 0 aromatic rings. The van der Waals surface area contributed by atoms with Gasteiger partial charge < -0.3 is 5.32 Å². The number of hydrogen-bond acceptors (Lipinski definition) is 5. The van der Waals surface area contributed by atoms with Crippen LogP contribution in [0.5, 0.6) is 0 Å². The van der Waals surface area contributed by atoms with Gasteiger partial charge in [-0.25, -0.2) is 21.1 Å². The van der Waals surface area contributed by atoms with E-state index in [0.717, 1.165) is 12.8 Å². The van der Waals surface area contributed by atoms with Gasteiger partial charge in [0, 0.05) is 19.1 Å². The van der Waals surface area contributed by atoms with E-state index in [1.54, 1.807) is 4.31 Å². The summed E-state index contributed by atoms with van der Waals surface area (Å²) in [7, 11) is -4.53. The average molecular weight is 310 g/mol. The van der Waals surface area contributed by atoms with Gasteiger partial charge in [-0.2, -0.15) is 0 Å². The summed E-state index contributed by atoms with van der Waals surface area (Å²) in [5.41, 5.74) is 0. The molecule has 6 nitrogen and oxygen atoms in total. The maximum atomic E-state index is 12.5. The summed E-state index contributed by atoms with van der Waals surface area (Å²) in [5, 5.41) is 2.60. The highest BCUT2D eigenvalue weighted by Crippen LogP contribution is 2.24. The fourth-order valence-corrected chi connectivity index (χ4v) is 6.60. The van der Waals surface area contributed by atoms with Crippen LogP contribution in [0.25, 0.3) is 0 Å². The molecule has 2 rings (SSSR count). The molecule has 0 aliphatic carbocycles. The highest BCUT2D eigenvalue weighted by Gasteiger charge is 2.38. The van der Waals surface area contributed by atoms with Gasteiger partial charge >= 0.3 is 0 Å². The predicted octanol–water partition coefficient (Wildman–Crippen LogP) is -0.423. The predicted molar refractivity (Wildman–Crippen MR) is 74.3 cm³/mol. The van der Waals surface area contributed by atoms with Crippen molar-refractivity contribution in [2.45, 2.75) is 37.0 Å². The first kappa shape index (κ1) is 15.2. The minimum Gasteiger partial charge on any atom is -0.316 e. The van der Waals surface area contributed by atoms with Gasteiger partial charge in [0.05, 0.1) is 16.8 Å². The summed E-state index contributed by atoms with van der Waals surface area (Å²) in [6.07, 6.45) is 2.33. The van der Waals surface area contributed by atoms with E-state index in [4.69, 9.17) is 0 Å². The molecule has 0 aromatic carbocycles. The molecule has 19 heavy (non-hydrogen) atoms. The van der Waals surface area contributed by atoms with E-state index in [2.05, 4.69) is 5.32 Å². The van der Waals surface area contributed by atoms with Crippen LogP contribution in [0.15, 0.2) is 0 Å². The van der Waals surface area contributed by atoms with Crippen LogP contribution in [0.4, 0.5) is 0 Å². The zero-order valence-corrected chi connectivity index (χ0v) is 12.8. The molecular weight excluding hydrogens is 288 g/mol. The molecule has 2 aliphatic rings. The molecule has 0 aromatic heterocycles. The van der Waals surface area contributed by atoms with Gasteiger partial charge in [-0.15, -0.1) is 0 Å². The van der Waals surface area contributed by atoms with Crippen molar-refractivity contribution in [2.75, 3.05) is 31.6 Å². The Morgan fingerprint density at radius 2 is 1.79 bits per heavy atom. The Bertz CT molecular complexity index is 501. The lowest BCUT2D eigenvalue weighted by Gasteiger charge is -2.35. The molecule has 1 atom stereocenters. The second-order valence-corrected chi connectivity index (χ2v) is 9.90. The largest absolute Gasteiger partial charge is 0.316 e. The van der Waals surface area contributed by atoms with Gasteiger partial charge in [0.1, 0.15) is 9.84 Å². The van der Waals surface area contributed by atoms with Crippen LogP contribution < -0.4 is 5.32 Å². The van der Waals surface area contributed by atoms with Crippen LogP contribution in [0, 0.1) is 0 Å². The van der Waals surface area contributed by atoms with Gasteiger partial charge in [0.2, 0.25) is 10.0 Å². The molecule has 2 heterocycles. The van der Waals surface area contributed by atoms with Crippen molar-refractivity contribution in [2.24, 2.45) is 0 Å². The van der Waals surface area contributed by atoms with Crippen LogP contribution in [0.1, 0.15) is 25.7 Å². The van der Waals surface area contributed by atoms with Crippen LogP contribution in [0.3, 0.4) is 0 Å². The molecule has 8 heteroatoms.